The summed E-state index contributed by atoms with van der Waals surface area (Å²) in [6, 6.07) is 14.9. The summed E-state index contributed by atoms with van der Waals surface area (Å²) in [5, 5.41) is 5.82. The van der Waals surface area contributed by atoms with Crippen LogP contribution in [0.5, 0.6) is 0 Å². The number of anilines is 1. The second-order valence-electron chi connectivity index (χ2n) is 10.7. The molecule has 7 nitrogen and oxygen atoms in total. The summed E-state index contributed by atoms with van der Waals surface area (Å²) in [4.78, 5) is 41.8. The summed E-state index contributed by atoms with van der Waals surface area (Å²) >= 11 is 0. The predicted molar refractivity (Wildman–Crippen MR) is 137 cm³/mol. The number of nitrogens with one attached hydrogen (secondary N) is 2. The highest BCUT2D eigenvalue weighted by Gasteiger charge is 2.43. The number of carbonyl (C=O) groups is 3. The first-order valence-electron chi connectivity index (χ1n) is 12.0. The Morgan fingerprint density at radius 1 is 1.06 bits per heavy atom. The van der Waals surface area contributed by atoms with Crippen LogP contribution in [-0.2, 0) is 15.0 Å². The number of benzene rings is 2. The van der Waals surface area contributed by atoms with E-state index in [9.17, 15) is 14.4 Å². The molecule has 184 valence electrons. The number of hydrogen-bond acceptors (Lipinski definition) is 3. The number of urea groups is 1. The van der Waals surface area contributed by atoms with Crippen molar-refractivity contribution in [2.75, 3.05) is 25.5 Å². The lowest BCUT2D eigenvalue weighted by Crippen LogP contribution is -2.45. The smallest absolute Gasteiger partial charge is 0.322 e. The lowest BCUT2D eigenvalue weighted by molar-refractivity contribution is -0.130. The Kier molecular flexibility index (Phi) is 6.45. The lowest BCUT2D eigenvalue weighted by atomic mass is 9.85. The van der Waals surface area contributed by atoms with Gasteiger partial charge in [-0.2, -0.15) is 0 Å². The van der Waals surface area contributed by atoms with E-state index in [0.717, 1.165) is 5.56 Å². The van der Waals surface area contributed by atoms with Gasteiger partial charge in [0.15, 0.2) is 0 Å². The number of likely N-dealkylation sites (N-methyl/N-ethyl adjacent to an activating group) is 1. The van der Waals surface area contributed by atoms with E-state index in [1.807, 2.05) is 48.5 Å². The van der Waals surface area contributed by atoms with Crippen LogP contribution in [0.3, 0.4) is 0 Å². The Morgan fingerprint density at radius 3 is 2.26 bits per heavy atom. The molecule has 2 aliphatic rings. The maximum atomic E-state index is 13.4. The van der Waals surface area contributed by atoms with Crippen LogP contribution in [0.25, 0.3) is 0 Å². The molecule has 0 fully saturated rings. The van der Waals surface area contributed by atoms with Crippen LogP contribution in [0.4, 0.5) is 10.5 Å². The van der Waals surface area contributed by atoms with E-state index in [1.54, 1.807) is 7.05 Å². The Hall–Kier alpha value is -3.61. The summed E-state index contributed by atoms with van der Waals surface area (Å²) in [6.07, 6.45) is 0. The van der Waals surface area contributed by atoms with Crippen LogP contribution in [0.1, 0.15) is 63.3 Å². The van der Waals surface area contributed by atoms with Gasteiger partial charge in [-0.15, -0.1) is 0 Å². The molecule has 0 saturated carbocycles. The molecule has 0 bridgehead atoms. The van der Waals surface area contributed by atoms with Gasteiger partial charge in [0, 0.05) is 12.7 Å². The summed E-state index contributed by atoms with van der Waals surface area (Å²) in [5.74, 6) is -0.101. The highest BCUT2D eigenvalue weighted by Crippen LogP contribution is 2.36. The van der Waals surface area contributed by atoms with Crippen LogP contribution in [-0.4, -0.2) is 47.8 Å². The molecule has 0 saturated heterocycles. The molecule has 2 N–H and O–H groups in total. The van der Waals surface area contributed by atoms with E-state index < -0.39 is 6.04 Å². The fourth-order valence-electron chi connectivity index (χ4n) is 4.50. The zero-order valence-electron chi connectivity index (χ0n) is 21.3. The van der Waals surface area contributed by atoms with Gasteiger partial charge in [0.2, 0.25) is 5.91 Å². The Labute approximate surface area is 207 Å². The topological polar surface area (TPSA) is 81.8 Å². The van der Waals surface area contributed by atoms with Gasteiger partial charge in [0.1, 0.15) is 6.54 Å². The first-order chi connectivity index (χ1) is 16.5. The number of carbonyl (C=O) groups excluding carboxylic acids is 3. The molecule has 35 heavy (non-hydrogen) atoms. The Balaban J connectivity index is 1.51. The van der Waals surface area contributed by atoms with E-state index in [2.05, 4.69) is 45.3 Å². The van der Waals surface area contributed by atoms with Crippen molar-refractivity contribution in [1.29, 1.82) is 0 Å². The van der Waals surface area contributed by atoms with E-state index in [1.165, 1.54) is 20.9 Å². The highest BCUT2D eigenvalue weighted by molar-refractivity contribution is 6.04. The Morgan fingerprint density at radius 2 is 1.69 bits per heavy atom. The van der Waals surface area contributed by atoms with E-state index >= 15 is 0 Å². The minimum atomic E-state index is -0.549. The standard InChI is InChI=1S/C28H34N4O3/c1-17(2)18-9-13-21(14-10-18)29-23(33)16-32-15-22-24(26(32)34)25(30-27(35)31(22)6)19-7-11-20(12-8-19)28(3,4)5/h7-14,17,25H,15-16H2,1-6H3,(H,29,33)(H,30,35). The van der Waals surface area contributed by atoms with Gasteiger partial charge in [-0.1, -0.05) is 71.0 Å². The third-order valence-corrected chi connectivity index (χ3v) is 6.74. The average molecular weight is 475 g/mol. The molecular weight excluding hydrogens is 440 g/mol. The molecule has 0 aromatic heterocycles. The normalized spacial score (nSPS) is 18.2. The molecule has 2 aromatic rings. The lowest BCUT2D eigenvalue weighted by Gasteiger charge is -2.31. The first kappa shape index (κ1) is 24.5. The van der Waals surface area contributed by atoms with E-state index in [0.29, 0.717) is 22.9 Å². The molecule has 0 radical (unpaired) electrons. The second kappa shape index (κ2) is 9.21. The van der Waals surface area contributed by atoms with Gasteiger partial charge in [0.25, 0.3) is 5.91 Å². The van der Waals surface area contributed by atoms with Gasteiger partial charge < -0.3 is 15.5 Å². The van der Waals surface area contributed by atoms with Crippen LogP contribution < -0.4 is 10.6 Å². The summed E-state index contributed by atoms with van der Waals surface area (Å²) in [6.45, 7) is 10.8. The van der Waals surface area contributed by atoms with Gasteiger partial charge in [0.05, 0.1) is 23.9 Å². The molecule has 4 amide bonds. The molecule has 2 aliphatic heterocycles. The molecule has 0 aliphatic carbocycles. The highest BCUT2D eigenvalue weighted by atomic mass is 16.2. The molecule has 7 heteroatoms. The van der Waals surface area contributed by atoms with Crippen LogP contribution in [0.15, 0.2) is 59.8 Å². The van der Waals surface area contributed by atoms with Crippen LogP contribution in [0, 0.1) is 0 Å². The zero-order chi connectivity index (χ0) is 25.5. The minimum Gasteiger partial charge on any atom is -0.327 e. The van der Waals surface area contributed by atoms with Crippen LogP contribution >= 0.6 is 0 Å². The van der Waals surface area contributed by atoms with Crippen LogP contribution in [0.2, 0.25) is 0 Å². The van der Waals surface area contributed by atoms with Crippen molar-refractivity contribution in [2.24, 2.45) is 0 Å². The fourth-order valence-corrected chi connectivity index (χ4v) is 4.50. The molecular formula is C28H34N4O3. The number of nitrogens with zero attached hydrogens (tertiary/aromatic N) is 2. The van der Waals surface area contributed by atoms with E-state index in [-0.39, 0.29) is 36.3 Å². The van der Waals surface area contributed by atoms with Crippen molar-refractivity contribution in [3.8, 4) is 0 Å². The van der Waals surface area contributed by atoms with Crippen molar-refractivity contribution in [3.63, 3.8) is 0 Å². The molecule has 4 rings (SSSR count). The number of rotatable bonds is 5. The quantitative estimate of drug-likeness (QED) is 0.668. The second-order valence-corrected chi connectivity index (χ2v) is 10.7. The van der Waals surface area contributed by atoms with Crippen molar-refractivity contribution < 1.29 is 14.4 Å². The van der Waals surface area contributed by atoms with Crippen molar-refractivity contribution in [2.45, 2.75) is 52.0 Å². The molecule has 2 aromatic carbocycles. The number of hydrogen-bond donors (Lipinski definition) is 2. The third kappa shape index (κ3) is 4.94. The average Bonchev–Trinajstić information content (AvgIpc) is 3.12. The van der Waals surface area contributed by atoms with Crippen molar-refractivity contribution in [1.82, 2.24) is 15.1 Å². The van der Waals surface area contributed by atoms with Gasteiger partial charge >= 0.3 is 6.03 Å². The van der Waals surface area contributed by atoms with Gasteiger partial charge in [-0.3, -0.25) is 14.5 Å². The third-order valence-electron chi connectivity index (χ3n) is 6.74. The van der Waals surface area contributed by atoms with E-state index in [4.69, 9.17) is 0 Å². The molecule has 0 spiro atoms. The Bertz CT molecular complexity index is 1170. The molecule has 2 heterocycles. The summed E-state index contributed by atoms with van der Waals surface area (Å²) in [7, 11) is 1.65. The SMILES string of the molecule is CC(C)c1ccc(NC(=O)CN2CC3=C(C2=O)C(c2ccc(C(C)(C)C)cc2)NC(=O)N3C)cc1. The van der Waals surface area contributed by atoms with Gasteiger partial charge in [-0.05, 0) is 40.2 Å². The van der Waals surface area contributed by atoms with Gasteiger partial charge in [-0.25, -0.2) is 4.79 Å². The summed E-state index contributed by atoms with van der Waals surface area (Å²) in [5.41, 5.74) is 5.05. The fraction of sp³-hybridized carbons (Fsp3) is 0.393. The molecule has 1 unspecified atom stereocenters. The maximum Gasteiger partial charge on any atom is 0.322 e. The monoisotopic (exact) mass is 474 g/mol. The zero-order valence-corrected chi connectivity index (χ0v) is 21.3. The minimum absolute atomic E-state index is 0.00142. The summed E-state index contributed by atoms with van der Waals surface area (Å²) < 4.78 is 0. The largest absolute Gasteiger partial charge is 0.327 e. The maximum absolute atomic E-state index is 13.4. The number of amides is 4. The van der Waals surface area contributed by atoms with Crippen molar-refractivity contribution in [3.05, 3.63) is 76.5 Å². The predicted octanol–water partition coefficient (Wildman–Crippen LogP) is 4.54. The molecule has 1 atom stereocenters. The first-order valence-corrected chi connectivity index (χ1v) is 12.0. The van der Waals surface area contributed by atoms with Crippen molar-refractivity contribution >= 4 is 23.5 Å².